The highest BCUT2D eigenvalue weighted by Crippen LogP contribution is 2.33. The summed E-state index contributed by atoms with van der Waals surface area (Å²) < 4.78 is 30.5. The standard InChI is InChI=1S/C22H20F2N4OS/c1-14-4-7-19-20(15(14)2)26-22(30-19)28(10-3-9-27-11-8-25-13-27)21(29)17-6-5-16(23)12-18(17)24/h4-8,11-13H,3,9-10H2,1-2H3. The van der Waals surface area contributed by atoms with Gasteiger partial charge < -0.3 is 4.57 Å². The first-order valence-corrected chi connectivity index (χ1v) is 10.3. The number of nitrogens with zero attached hydrogens (tertiary/aromatic N) is 4. The maximum atomic E-state index is 14.3. The lowest BCUT2D eigenvalue weighted by Crippen LogP contribution is -2.33. The van der Waals surface area contributed by atoms with Crippen molar-refractivity contribution in [3.8, 4) is 0 Å². The summed E-state index contributed by atoms with van der Waals surface area (Å²) in [6.07, 6.45) is 5.86. The van der Waals surface area contributed by atoms with Crippen molar-refractivity contribution in [1.82, 2.24) is 14.5 Å². The molecule has 0 saturated carbocycles. The highest BCUT2D eigenvalue weighted by molar-refractivity contribution is 7.22. The SMILES string of the molecule is Cc1ccc2sc(N(CCCn3ccnc3)C(=O)c3ccc(F)cc3F)nc2c1C. The Balaban J connectivity index is 1.69. The summed E-state index contributed by atoms with van der Waals surface area (Å²) in [5.41, 5.74) is 2.82. The Hall–Kier alpha value is -3.13. The molecule has 4 rings (SSSR count). The fraction of sp³-hybridized carbons (Fsp3) is 0.227. The molecule has 154 valence electrons. The molecule has 0 spiro atoms. The van der Waals surface area contributed by atoms with Crippen LogP contribution in [0.15, 0.2) is 49.1 Å². The van der Waals surface area contributed by atoms with Crippen molar-refractivity contribution in [2.24, 2.45) is 0 Å². The lowest BCUT2D eigenvalue weighted by molar-refractivity contribution is 0.0982. The van der Waals surface area contributed by atoms with E-state index in [1.165, 1.54) is 22.3 Å². The number of hydrogen-bond donors (Lipinski definition) is 0. The number of halogens is 2. The van der Waals surface area contributed by atoms with E-state index in [0.29, 0.717) is 24.6 Å². The normalized spacial score (nSPS) is 11.2. The largest absolute Gasteiger partial charge is 0.337 e. The molecule has 0 bridgehead atoms. The van der Waals surface area contributed by atoms with Gasteiger partial charge in [0.05, 0.1) is 22.1 Å². The van der Waals surface area contributed by atoms with Crippen LogP contribution in [0.5, 0.6) is 0 Å². The topological polar surface area (TPSA) is 51.0 Å². The van der Waals surface area contributed by atoms with E-state index in [2.05, 4.69) is 4.98 Å². The van der Waals surface area contributed by atoms with Gasteiger partial charge in [-0.25, -0.2) is 18.7 Å². The molecule has 0 saturated heterocycles. The molecular weight excluding hydrogens is 406 g/mol. The zero-order chi connectivity index (χ0) is 21.3. The quantitative estimate of drug-likeness (QED) is 0.430. The number of imidazole rings is 1. The van der Waals surface area contributed by atoms with Crippen LogP contribution in [0, 0.1) is 25.5 Å². The van der Waals surface area contributed by atoms with E-state index in [1.54, 1.807) is 12.5 Å². The van der Waals surface area contributed by atoms with E-state index < -0.39 is 17.5 Å². The van der Waals surface area contributed by atoms with Crippen molar-refractivity contribution in [2.75, 3.05) is 11.4 Å². The minimum Gasteiger partial charge on any atom is -0.337 e. The molecule has 8 heteroatoms. The van der Waals surface area contributed by atoms with Crippen LogP contribution in [0.1, 0.15) is 27.9 Å². The highest BCUT2D eigenvalue weighted by Gasteiger charge is 2.24. The lowest BCUT2D eigenvalue weighted by atomic mass is 10.1. The molecule has 4 aromatic rings. The van der Waals surface area contributed by atoms with Gasteiger partial charge in [-0.05, 0) is 49.6 Å². The Labute approximate surface area is 176 Å². The maximum absolute atomic E-state index is 14.3. The van der Waals surface area contributed by atoms with Crippen LogP contribution in [0.3, 0.4) is 0 Å². The fourth-order valence-corrected chi connectivity index (χ4v) is 4.30. The number of carbonyl (C=O) groups excluding carboxylic acids is 1. The average Bonchev–Trinajstić information content (AvgIpc) is 3.38. The molecule has 5 nitrogen and oxygen atoms in total. The molecule has 0 aliphatic carbocycles. The van der Waals surface area contributed by atoms with Gasteiger partial charge in [0, 0.05) is 31.5 Å². The van der Waals surface area contributed by atoms with E-state index in [1.807, 2.05) is 36.7 Å². The predicted molar refractivity (Wildman–Crippen MR) is 114 cm³/mol. The van der Waals surface area contributed by atoms with Crippen molar-refractivity contribution in [3.05, 3.63) is 77.4 Å². The summed E-state index contributed by atoms with van der Waals surface area (Å²) in [6.45, 7) is 4.99. The number of benzene rings is 2. The summed E-state index contributed by atoms with van der Waals surface area (Å²) in [6, 6.07) is 6.99. The number of hydrogen-bond acceptors (Lipinski definition) is 4. The molecule has 0 radical (unpaired) electrons. The molecular formula is C22H20F2N4OS. The molecule has 2 aromatic carbocycles. The first kappa shape index (κ1) is 20.2. The van der Waals surface area contributed by atoms with E-state index in [0.717, 1.165) is 33.5 Å². The van der Waals surface area contributed by atoms with Gasteiger partial charge in [-0.2, -0.15) is 0 Å². The van der Waals surface area contributed by atoms with E-state index in [9.17, 15) is 13.6 Å². The highest BCUT2D eigenvalue weighted by atomic mass is 32.1. The number of carbonyl (C=O) groups is 1. The third kappa shape index (κ3) is 3.95. The van der Waals surface area contributed by atoms with Gasteiger partial charge in [-0.1, -0.05) is 17.4 Å². The molecule has 2 heterocycles. The Bertz CT molecular complexity index is 1200. The number of thiazole rings is 1. The maximum Gasteiger partial charge on any atom is 0.263 e. The van der Waals surface area contributed by atoms with Crippen LogP contribution in [0.25, 0.3) is 10.2 Å². The average molecular weight is 426 g/mol. The molecule has 0 fully saturated rings. The van der Waals surface area contributed by atoms with Crippen molar-refractivity contribution < 1.29 is 13.6 Å². The van der Waals surface area contributed by atoms with Crippen molar-refractivity contribution in [1.29, 1.82) is 0 Å². The minimum absolute atomic E-state index is 0.175. The van der Waals surface area contributed by atoms with Gasteiger partial charge in [0.15, 0.2) is 5.13 Å². The van der Waals surface area contributed by atoms with Gasteiger partial charge in [-0.3, -0.25) is 9.69 Å². The Morgan fingerprint density at radius 3 is 2.77 bits per heavy atom. The molecule has 0 N–H and O–H groups in total. The second kappa shape index (κ2) is 8.31. The summed E-state index contributed by atoms with van der Waals surface area (Å²) in [7, 11) is 0. The molecule has 2 aromatic heterocycles. The number of aryl methyl sites for hydroxylation is 3. The molecule has 30 heavy (non-hydrogen) atoms. The summed E-state index contributed by atoms with van der Waals surface area (Å²) in [4.78, 5) is 23.4. The first-order valence-electron chi connectivity index (χ1n) is 9.53. The Morgan fingerprint density at radius 1 is 1.20 bits per heavy atom. The second-order valence-corrected chi connectivity index (χ2v) is 8.09. The minimum atomic E-state index is -0.882. The smallest absolute Gasteiger partial charge is 0.263 e. The molecule has 1 amide bonds. The monoisotopic (exact) mass is 426 g/mol. The van der Waals surface area contributed by atoms with E-state index in [-0.39, 0.29) is 5.56 Å². The third-order valence-corrected chi connectivity index (χ3v) is 6.11. The van der Waals surface area contributed by atoms with Crippen molar-refractivity contribution >= 4 is 32.6 Å². The van der Waals surface area contributed by atoms with Gasteiger partial charge in [0.1, 0.15) is 11.6 Å². The number of rotatable bonds is 6. The van der Waals surface area contributed by atoms with Crippen molar-refractivity contribution in [3.63, 3.8) is 0 Å². The summed E-state index contributed by atoms with van der Waals surface area (Å²) >= 11 is 1.39. The zero-order valence-electron chi connectivity index (χ0n) is 16.6. The van der Waals surface area contributed by atoms with Crippen LogP contribution in [-0.4, -0.2) is 27.0 Å². The van der Waals surface area contributed by atoms with Gasteiger partial charge in [0.2, 0.25) is 0 Å². The summed E-state index contributed by atoms with van der Waals surface area (Å²) in [5, 5.41) is 0.498. The zero-order valence-corrected chi connectivity index (χ0v) is 17.4. The number of anilines is 1. The van der Waals surface area contributed by atoms with Crippen LogP contribution < -0.4 is 4.90 Å². The number of fused-ring (bicyclic) bond motifs is 1. The summed E-state index contributed by atoms with van der Waals surface area (Å²) in [5.74, 6) is -2.14. The molecule has 0 aliphatic rings. The van der Waals surface area contributed by atoms with Gasteiger partial charge in [-0.15, -0.1) is 0 Å². The van der Waals surface area contributed by atoms with Crippen LogP contribution in [0.4, 0.5) is 13.9 Å². The van der Waals surface area contributed by atoms with Crippen LogP contribution >= 0.6 is 11.3 Å². The number of aromatic nitrogens is 3. The third-order valence-electron chi connectivity index (χ3n) is 5.07. The van der Waals surface area contributed by atoms with Gasteiger partial charge >= 0.3 is 0 Å². The van der Waals surface area contributed by atoms with Crippen molar-refractivity contribution in [2.45, 2.75) is 26.8 Å². The molecule has 0 aliphatic heterocycles. The molecule has 0 unspecified atom stereocenters. The van der Waals surface area contributed by atoms with E-state index >= 15 is 0 Å². The fourth-order valence-electron chi connectivity index (χ4n) is 3.25. The lowest BCUT2D eigenvalue weighted by Gasteiger charge is -2.20. The van der Waals surface area contributed by atoms with Crippen LogP contribution in [-0.2, 0) is 6.54 Å². The Kier molecular flexibility index (Phi) is 5.59. The van der Waals surface area contributed by atoms with Gasteiger partial charge in [0.25, 0.3) is 5.91 Å². The Morgan fingerprint density at radius 2 is 2.03 bits per heavy atom. The van der Waals surface area contributed by atoms with Crippen LogP contribution in [0.2, 0.25) is 0 Å². The predicted octanol–water partition coefficient (Wildman–Crippen LogP) is 5.12. The second-order valence-electron chi connectivity index (χ2n) is 7.09. The number of amides is 1. The van der Waals surface area contributed by atoms with E-state index in [4.69, 9.17) is 4.98 Å². The first-order chi connectivity index (χ1) is 14.4. The molecule has 0 atom stereocenters.